The van der Waals surface area contributed by atoms with E-state index in [-0.39, 0.29) is 0 Å². The Morgan fingerprint density at radius 1 is 1.67 bits per heavy atom. The number of carbonyl (C=O) groups is 1. The number of hydrogen-bond acceptors (Lipinski definition) is 3. The van der Waals surface area contributed by atoms with Crippen LogP contribution in [-0.2, 0) is 14.6 Å². The highest BCUT2D eigenvalue weighted by atomic mass is 17.2. The maximum absolute atomic E-state index is 10.5. The highest BCUT2D eigenvalue weighted by Gasteiger charge is 2.04. The zero-order valence-electron chi connectivity index (χ0n) is 5.64. The predicted octanol–water partition coefficient (Wildman–Crippen LogP) is 1.06. The van der Waals surface area contributed by atoms with Gasteiger partial charge in [0.05, 0.1) is 7.11 Å². The van der Waals surface area contributed by atoms with Gasteiger partial charge in [0.15, 0.2) is 0 Å². The molecule has 0 fully saturated rings. The van der Waals surface area contributed by atoms with Gasteiger partial charge in [0.1, 0.15) is 0 Å². The van der Waals surface area contributed by atoms with E-state index in [2.05, 4.69) is 16.4 Å². The molecule has 0 aromatic rings. The van der Waals surface area contributed by atoms with E-state index in [0.29, 0.717) is 12.0 Å². The summed E-state index contributed by atoms with van der Waals surface area (Å²) in [5.41, 5.74) is 0.414. The molecule has 0 rings (SSSR count). The molecule has 0 aliphatic rings. The largest absolute Gasteiger partial charge is 0.368 e. The van der Waals surface area contributed by atoms with Gasteiger partial charge in [-0.05, 0) is 6.42 Å². The smallest absolute Gasteiger partial charge is 0.294 e. The second-order valence-electron chi connectivity index (χ2n) is 1.49. The van der Waals surface area contributed by atoms with Gasteiger partial charge in [-0.3, -0.25) is 4.89 Å². The molecule has 0 spiro atoms. The van der Waals surface area contributed by atoms with Crippen molar-refractivity contribution in [1.29, 1.82) is 0 Å². The van der Waals surface area contributed by atoms with Gasteiger partial charge >= 0.3 is 5.97 Å². The molecule has 3 heteroatoms. The predicted molar refractivity (Wildman–Crippen MR) is 32.5 cm³/mol. The Bertz CT molecular complexity index is 117. The lowest BCUT2D eigenvalue weighted by Gasteiger charge is -1.97. The lowest BCUT2D eigenvalue weighted by Crippen LogP contribution is -2.04. The second-order valence-corrected chi connectivity index (χ2v) is 1.49. The highest BCUT2D eigenvalue weighted by molar-refractivity contribution is 5.87. The van der Waals surface area contributed by atoms with E-state index >= 15 is 0 Å². The van der Waals surface area contributed by atoms with E-state index in [9.17, 15) is 4.79 Å². The van der Waals surface area contributed by atoms with Gasteiger partial charge in [-0.25, -0.2) is 4.79 Å². The summed E-state index contributed by atoms with van der Waals surface area (Å²) in [6.45, 7) is 5.26. The Morgan fingerprint density at radius 3 is 2.56 bits per heavy atom. The second kappa shape index (κ2) is 4.09. The average molecular weight is 130 g/mol. The molecule has 52 valence electrons. The van der Waals surface area contributed by atoms with E-state index in [1.165, 1.54) is 7.11 Å². The first-order valence-corrected chi connectivity index (χ1v) is 2.65. The molecule has 0 atom stereocenters. The summed E-state index contributed by atoms with van der Waals surface area (Å²) in [5, 5.41) is 0. The molecule has 0 radical (unpaired) electrons. The van der Waals surface area contributed by atoms with Crippen molar-refractivity contribution in [2.75, 3.05) is 7.11 Å². The van der Waals surface area contributed by atoms with Gasteiger partial charge in [-0.15, -0.1) is 0 Å². The minimum Gasteiger partial charge on any atom is -0.294 e. The summed E-state index contributed by atoms with van der Waals surface area (Å²) in [4.78, 5) is 18.8. The molecule has 0 aromatic carbocycles. The Kier molecular flexibility index (Phi) is 3.71. The van der Waals surface area contributed by atoms with E-state index in [4.69, 9.17) is 0 Å². The third kappa shape index (κ3) is 2.87. The van der Waals surface area contributed by atoms with Gasteiger partial charge in [-0.2, -0.15) is 4.89 Å². The average Bonchev–Trinajstić information content (AvgIpc) is 1.87. The normalized spacial score (nSPS) is 8.67. The fraction of sp³-hybridized carbons (Fsp3) is 0.500. The summed E-state index contributed by atoms with van der Waals surface area (Å²) in [6.07, 6.45) is 0.586. The van der Waals surface area contributed by atoms with E-state index in [1.54, 1.807) is 0 Å². The molecule has 0 aliphatic heterocycles. The van der Waals surface area contributed by atoms with Crippen LogP contribution >= 0.6 is 0 Å². The van der Waals surface area contributed by atoms with Crippen LogP contribution in [0.4, 0.5) is 0 Å². The van der Waals surface area contributed by atoms with Crippen LogP contribution in [0.2, 0.25) is 0 Å². The fourth-order valence-electron chi connectivity index (χ4n) is 0.279. The first-order chi connectivity index (χ1) is 4.22. The van der Waals surface area contributed by atoms with Crippen molar-refractivity contribution in [3.63, 3.8) is 0 Å². The molecule has 0 amide bonds. The molecule has 0 bridgehead atoms. The molecule has 0 saturated carbocycles. The van der Waals surface area contributed by atoms with Crippen LogP contribution in [-0.4, -0.2) is 13.1 Å². The quantitative estimate of drug-likeness (QED) is 0.325. The van der Waals surface area contributed by atoms with Crippen molar-refractivity contribution >= 4 is 5.97 Å². The van der Waals surface area contributed by atoms with Gasteiger partial charge < -0.3 is 0 Å². The van der Waals surface area contributed by atoms with Crippen molar-refractivity contribution < 1.29 is 14.6 Å². The Labute approximate surface area is 54.2 Å². The molecule has 0 aliphatic carbocycles. The maximum atomic E-state index is 10.5. The number of carbonyl (C=O) groups excluding carboxylic acids is 1. The van der Waals surface area contributed by atoms with E-state index < -0.39 is 5.97 Å². The number of hydrogen-bond donors (Lipinski definition) is 0. The minimum absolute atomic E-state index is 0.414. The third-order valence-corrected chi connectivity index (χ3v) is 0.874. The summed E-state index contributed by atoms with van der Waals surface area (Å²) in [7, 11) is 1.28. The van der Waals surface area contributed by atoms with Crippen LogP contribution in [0.3, 0.4) is 0 Å². The van der Waals surface area contributed by atoms with Crippen LogP contribution < -0.4 is 0 Å². The van der Waals surface area contributed by atoms with Crippen molar-refractivity contribution in [3.8, 4) is 0 Å². The summed E-state index contributed by atoms with van der Waals surface area (Å²) < 4.78 is 0. The van der Waals surface area contributed by atoms with Gasteiger partial charge in [0.25, 0.3) is 0 Å². The van der Waals surface area contributed by atoms with Crippen molar-refractivity contribution in [3.05, 3.63) is 12.2 Å². The van der Waals surface area contributed by atoms with Gasteiger partial charge in [0, 0.05) is 5.57 Å². The first kappa shape index (κ1) is 8.17. The third-order valence-electron chi connectivity index (χ3n) is 0.874. The van der Waals surface area contributed by atoms with Crippen molar-refractivity contribution in [2.45, 2.75) is 13.3 Å². The van der Waals surface area contributed by atoms with Crippen LogP contribution in [0.1, 0.15) is 13.3 Å². The zero-order chi connectivity index (χ0) is 7.28. The molecular formula is C6H10O3. The SMILES string of the molecule is C=C(CC)C(=O)OOC. The van der Waals surface area contributed by atoms with Crippen LogP contribution in [0.5, 0.6) is 0 Å². The van der Waals surface area contributed by atoms with Crippen LogP contribution in [0.25, 0.3) is 0 Å². The zero-order valence-corrected chi connectivity index (χ0v) is 5.64. The lowest BCUT2D eigenvalue weighted by molar-refractivity contribution is -0.250. The van der Waals surface area contributed by atoms with Gasteiger partial charge in [-0.1, -0.05) is 13.5 Å². The maximum Gasteiger partial charge on any atom is 0.368 e. The van der Waals surface area contributed by atoms with E-state index in [0.717, 1.165) is 0 Å². The topological polar surface area (TPSA) is 35.5 Å². The van der Waals surface area contributed by atoms with Crippen molar-refractivity contribution in [2.24, 2.45) is 0 Å². The minimum atomic E-state index is -0.500. The monoisotopic (exact) mass is 130 g/mol. The molecule has 0 aromatic heterocycles. The molecule has 0 heterocycles. The summed E-state index contributed by atoms with van der Waals surface area (Å²) in [5.74, 6) is -0.500. The molecule has 0 N–H and O–H groups in total. The van der Waals surface area contributed by atoms with Crippen LogP contribution in [0.15, 0.2) is 12.2 Å². The Morgan fingerprint density at radius 2 is 2.22 bits per heavy atom. The standard InChI is InChI=1S/C6H10O3/c1-4-5(2)6(7)9-8-3/h2,4H2,1,3H3. The molecular weight excluding hydrogens is 120 g/mol. The molecule has 0 saturated heterocycles. The fourth-order valence-corrected chi connectivity index (χ4v) is 0.279. The number of rotatable bonds is 3. The summed E-state index contributed by atoms with van der Waals surface area (Å²) >= 11 is 0. The molecule has 3 nitrogen and oxygen atoms in total. The highest BCUT2D eigenvalue weighted by Crippen LogP contribution is 1.98. The summed E-state index contributed by atoms with van der Waals surface area (Å²) in [6, 6.07) is 0. The van der Waals surface area contributed by atoms with Crippen molar-refractivity contribution in [1.82, 2.24) is 0 Å². The van der Waals surface area contributed by atoms with E-state index in [1.807, 2.05) is 6.92 Å². The van der Waals surface area contributed by atoms with Gasteiger partial charge in [0.2, 0.25) is 0 Å². The Hall–Kier alpha value is -0.830. The van der Waals surface area contributed by atoms with Crippen LogP contribution in [0, 0.1) is 0 Å². The lowest BCUT2D eigenvalue weighted by atomic mass is 10.2. The molecule has 0 unspecified atom stereocenters. The Balaban J connectivity index is 3.60. The first-order valence-electron chi connectivity index (χ1n) is 2.65. The molecule has 9 heavy (non-hydrogen) atoms.